The molecule has 1 amide bonds. The molecule has 10 heteroatoms. The largest absolute Gasteiger partial charge is 0.400 e. The van der Waals surface area contributed by atoms with Gasteiger partial charge in [0.05, 0.1) is 15.8 Å². The van der Waals surface area contributed by atoms with Crippen LogP contribution in [0.5, 0.6) is 0 Å². The molecule has 3 atom stereocenters. The van der Waals surface area contributed by atoms with Gasteiger partial charge in [0.1, 0.15) is 5.84 Å². The topological polar surface area (TPSA) is 103 Å². The molecule has 2 aliphatic heterocycles. The number of nitrogens with two attached hydrogens (primary N) is 1. The van der Waals surface area contributed by atoms with Gasteiger partial charge < -0.3 is 30.7 Å². The molecule has 2 fully saturated rings. The summed E-state index contributed by atoms with van der Waals surface area (Å²) in [4.78, 5) is 23.5. The van der Waals surface area contributed by atoms with Crippen molar-refractivity contribution in [3.8, 4) is 0 Å². The van der Waals surface area contributed by atoms with Crippen LogP contribution in [0.3, 0.4) is 0 Å². The Labute approximate surface area is 220 Å². The number of thiophene rings is 1. The maximum atomic E-state index is 13.7. The average molecular weight is 567 g/mol. The Morgan fingerprint density at radius 2 is 2.03 bits per heavy atom. The highest BCUT2D eigenvalue weighted by atomic mass is 79.9. The van der Waals surface area contributed by atoms with Crippen LogP contribution in [-0.4, -0.2) is 84.7 Å². The second-order valence-corrected chi connectivity index (χ2v) is 12.0. The van der Waals surface area contributed by atoms with E-state index in [1.54, 1.807) is 11.3 Å². The van der Waals surface area contributed by atoms with Gasteiger partial charge in [-0.05, 0) is 53.2 Å². The number of rotatable bonds is 7. The number of amidine groups is 1. The Balaban J connectivity index is 1.43. The second-order valence-electron chi connectivity index (χ2n) is 9.46. The van der Waals surface area contributed by atoms with Crippen molar-refractivity contribution in [2.75, 3.05) is 45.9 Å². The quantitative estimate of drug-likeness (QED) is 0.347. The first-order valence-electron chi connectivity index (χ1n) is 12.4. The number of hydrogen-bond acceptors (Lipinski definition) is 7. The molecule has 0 unspecified atom stereocenters. The van der Waals surface area contributed by atoms with E-state index in [1.807, 2.05) is 11.0 Å². The molecular weight excluding hydrogens is 530 g/mol. The molecule has 0 spiro atoms. The molecule has 0 saturated carbocycles. The molecule has 1 aromatic rings. The normalized spacial score (nSPS) is 25.3. The highest BCUT2D eigenvalue weighted by Gasteiger charge is 2.36. The summed E-state index contributed by atoms with van der Waals surface area (Å²) in [5, 5.41) is 13.9. The van der Waals surface area contributed by atoms with Gasteiger partial charge in [-0.25, -0.2) is 4.99 Å². The van der Waals surface area contributed by atoms with Gasteiger partial charge in [0.15, 0.2) is 0 Å². The van der Waals surface area contributed by atoms with Gasteiger partial charge in [-0.2, -0.15) is 0 Å². The third-order valence-corrected chi connectivity index (χ3v) is 8.89. The zero-order valence-corrected chi connectivity index (χ0v) is 22.7. The summed E-state index contributed by atoms with van der Waals surface area (Å²) in [6.45, 7) is 10.5. The zero-order valence-electron chi connectivity index (χ0n) is 20.3. The lowest BCUT2D eigenvalue weighted by atomic mass is 10.0. The third-order valence-electron chi connectivity index (χ3n) is 7.15. The van der Waals surface area contributed by atoms with Crippen LogP contribution in [0.2, 0.25) is 0 Å². The van der Waals surface area contributed by atoms with Crippen LogP contribution >= 0.6 is 27.3 Å². The Morgan fingerprint density at radius 3 is 2.60 bits per heavy atom. The molecule has 3 heterocycles. The molecule has 1 aromatic heterocycles. The molecule has 4 rings (SSSR count). The molecule has 0 aromatic carbocycles. The number of nitrogens with zero attached hydrogens (tertiary/aromatic N) is 3. The van der Waals surface area contributed by atoms with E-state index in [-0.39, 0.29) is 17.7 Å². The first-order valence-corrected chi connectivity index (χ1v) is 14.0. The van der Waals surface area contributed by atoms with E-state index in [2.05, 4.69) is 50.7 Å². The van der Waals surface area contributed by atoms with Gasteiger partial charge in [-0.3, -0.25) is 4.79 Å². The van der Waals surface area contributed by atoms with Crippen molar-refractivity contribution in [1.29, 1.82) is 0 Å². The van der Waals surface area contributed by atoms with Crippen LogP contribution in [0, 0.1) is 5.92 Å². The number of piperazine rings is 1. The number of hydrogen-bond donors (Lipinski definition) is 3. The number of aliphatic hydroxyl groups is 1. The summed E-state index contributed by atoms with van der Waals surface area (Å²) in [6.07, 6.45) is 3.45. The number of amides is 1. The van der Waals surface area contributed by atoms with Crippen LogP contribution < -0.4 is 11.1 Å². The average Bonchev–Trinajstić information content (AvgIpc) is 3.40. The number of aliphatic imine (C=N–C) groups is 1. The number of carbonyl (C=O) groups excluding carboxylic acids is 1. The number of ether oxygens (including phenoxy) is 1. The van der Waals surface area contributed by atoms with Gasteiger partial charge in [-0.15, -0.1) is 11.3 Å². The first-order chi connectivity index (χ1) is 16.9. The number of nitrogens with one attached hydrogen (secondary N) is 1. The minimum Gasteiger partial charge on any atom is -0.400 e. The Kier molecular flexibility index (Phi) is 9.04. The van der Waals surface area contributed by atoms with E-state index in [0.717, 1.165) is 46.1 Å². The maximum absolute atomic E-state index is 13.7. The molecule has 2 saturated heterocycles. The van der Waals surface area contributed by atoms with Crippen LogP contribution in [0.4, 0.5) is 0 Å². The van der Waals surface area contributed by atoms with Gasteiger partial charge in [-0.1, -0.05) is 13.5 Å². The molecule has 35 heavy (non-hydrogen) atoms. The fraction of sp³-hybridized carbons (Fsp3) is 0.600. The minimum atomic E-state index is -0.632. The summed E-state index contributed by atoms with van der Waals surface area (Å²) >= 11 is 5.18. The van der Waals surface area contributed by atoms with Crippen molar-refractivity contribution in [3.63, 3.8) is 0 Å². The van der Waals surface area contributed by atoms with Crippen LogP contribution in [0.1, 0.15) is 37.0 Å². The van der Waals surface area contributed by atoms with Crippen molar-refractivity contribution in [2.24, 2.45) is 16.6 Å². The zero-order chi connectivity index (χ0) is 24.9. The lowest BCUT2D eigenvalue weighted by Gasteiger charge is -2.38. The maximum Gasteiger partial charge on any atom is 0.232 e. The van der Waals surface area contributed by atoms with E-state index in [0.29, 0.717) is 50.9 Å². The molecule has 1 aliphatic carbocycles. The first kappa shape index (κ1) is 26.3. The minimum absolute atomic E-state index is 0.126. The fourth-order valence-corrected chi connectivity index (χ4v) is 6.69. The molecule has 0 radical (unpaired) electrons. The Hall–Kier alpha value is -1.72. The van der Waals surface area contributed by atoms with Gasteiger partial charge in [0.2, 0.25) is 5.91 Å². The van der Waals surface area contributed by atoms with E-state index in [4.69, 9.17) is 10.5 Å². The molecular formula is C25H36BrN5O3S. The van der Waals surface area contributed by atoms with E-state index in [9.17, 15) is 9.90 Å². The highest BCUT2D eigenvalue weighted by molar-refractivity contribution is 9.11. The SMILES string of the molecule is C=C/N=C(\C1=C(N)[C@@H](O)C[C@H]1C)N1CCN(C(=O)[C@H](CNC2CCOCC2)c2ccc(Br)s2)CC1. The van der Waals surface area contributed by atoms with Crippen molar-refractivity contribution in [1.82, 2.24) is 15.1 Å². The smallest absolute Gasteiger partial charge is 0.232 e. The van der Waals surface area contributed by atoms with Gasteiger partial charge in [0.25, 0.3) is 0 Å². The highest BCUT2D eigenvalue weighted by Crippen LogP contribution is 2.33. The van der Waals surface area contributed by atoms with Crippen molar-refractivity contribution in [3.05, 3.63) is 44.8 Å². The second kappa shape index (κ2) is 12.0. The molecule has 4 N–H and O–H groups in total. The number of aliphatic hydroxyl groups excluding tert-OH is 1. The van der Waals surface area contributed by atoms with Gasteiger partial charge in [0, 0.05) is 74.3 Å². The number of halogens is 1. The monoisotopic (exact) mass is 565 g/mol. The van der Waals surface area contributed by atoms with Gasteiger partial charge >= 0.3 is 0 Å². The molecule has 192 valence electrons. The van der Waals surface area contributed by atoms with Crippen LogP contribution in [0.15, 0.2) is 45.0 Å². The Morgan fingerprint density at radius 1 is 1.34 bits per heavy atom. The summed E-state index contributed by atoms with van der Waals surface area (Å²) in [5.41, 5.74) is 7.63. The third kappa shape index (κ3) is 6.17. The molecule has 8 nitrogen and oxygen atoms in total. The number of carbonyl (C=O) groups is 1. The lowest BCUT2D eigenvalue weighted by molar-refractivity contribution is -0.134. The van der Waals surface area contributed by atoms with Crippen molar-refractivity contribution >= 4 is 39.0 Å². The van der Waals surface area contributed by atoms with Crippen LogP contribution in [0.25, 0.3) is 0 Å². The van der Waals surface area contributed by atoms with E-state index in [1.165, 1.54) is 6.20 Å². The van der Waals surface area contributed by atoms with Crippen molar-refractivity contribution in [2.45, 2.75) is 44.2 Å². The molecule has 3 aliphatic rings. The summed E-state index contributed by atoms with van der Waals surface area (Å²) in [6, 6.07) is 4.45. The Bertz CT molecular complexity index is 966. The predicted molar refractivity (Wildman–Crippen MR) is 143 cm³/mol. The molecule has 0 bridgehead atoms. The summed E-state index contributed by atoms with van der Waals surface area (Å²) < 4.78 is 6.51. The van der Waals surface area contributed by atoms with E-state index >= 15 is 0 Å². The standard InChI is InChI=1S/C25H36BrN5O3S/c1-3-28-24(22-16(2)14-19(32)23(22)27)30-8-10-31(11-9-30)25(33)18(20-4-5-21(26)35-20)15-29-17-6-12-34-13-7-17/h3-5,16-19,29,32H,1,6-15,27H2,2H3/b28-24+/t16-,18-,19+/m1/s1. The lowest BCUT2D eigenvalue weighted by Crippen LogP contribution is -2.53. The van der Waals surface area contributed by atoms with Crippen molar-refractivity contribution < 1.29 is 14.6 Å². The fourth-order valence-electron chi connectivity index (χ4n) is 5.17. The predicted octanol–water partition coefficient (Wildman–Crippen LogP) is 2.66. The van der Waals surface area contributed by atoms with E-state index < -0.39 is 6.10 Å². The summed E-state index contributed by atoms with van der Waals surface area (Å²) in [5.74, 6) is 0.837. The summed E-state index contributed by atoms with van der Waals surface area (Å²) in [7, 11) is 0. The van der Waals surface area contributed by atoms with Crippen LogP contribution in [-0.2, 0) is 9.53 Å².